The van der Waals surface area contributed by atoms with Crippen molar-refractivity contribution in [3.63, 3.8) is 0 Å². The molecule has 34 heavy (non-hydrogen) atoms. The maximum absolute atomic E-state index is 12.6. The molecule has 1 amide bonds. The third-order valence-electron chi connectivity index (χ3n) is 5.56. The molecule has 9 nitrogen and oxygen atoms in total. The third-order valence-corrected chi connectivity index (χ3v) is 7.04. The van der Waals surface area contributed by atoms with Crippen LogP contribution in [-0.4, -0.2) is 67.6 Å². The van der Waals surface area contributed by atoms with Gasteiger partial charge in [0.2, 0.25) is 0 Å². The average molecular weight is 494 g/mol. The molecular weight excluding hydrogens is 468 g/mol. The lowest BCUT2D eigenvalue weighted by molar-refractivity contribution is 0.0719. The Morgan fingerprint density at radius 1 is 0.971 bits per heavy atom. The normalized spacial score (nSPS) is 16.8. The van der Waals surface area contributed by atoms with Gasteiger partial charge in [0.05, 0.1) is 30.5 Å². The molecular formula is C22H25F2N5O4S. The van der Waals surface area contributed by atoms with Crippen molar-refractivity contribution in [3.05, 3.63) is 66.0 Å². The molecule has 0 spiro atoms. The molecule has 182 valence electrons. The number of carbonyl (C=O) groups excluding carboxylic acids is 1. The summed E-state index contributed by atoms with van der Waals surface area (Å²) in [5.41, 5.74) is 1.84. The molecule has 3 aromatic rings. The number of carbonyl (C=O) groups is 1. The molecule has 0 unspecified atom stereocenters. The Balaban J connectivity index is 0.000000291. The smallest absolute Gasteiger partial charge is 0.304 e. The number of pyridine rings is 1. The summed E-state index contributed by atoms with van der Waals surface area (Å²) in [5.74, 6) is -1.50. The second-order valence-electron chi connectivity index (χ2n) is 7.85. The van der Waals surface area contributed by atoms with E-state index in [4.69, 9.17) is 4.74 Å². The fourth-order valence-electron chi connectivity index (χ4n) is 3.77. The first-order valence-electron chi connectivity index (χ1n) is 10.9. The maximum atomic E-state index is 12.6. The third kappa shape index (κ3) is 5.69. The van der Waals surface area contributed by atoms with Crippen LogP contribution in [0.5, 0.6) is 0 Å². The average Bonchev–Trinajstić information content (AvgIpc) is 3.51. The number of amides is 1. The predicted molar refractivity (Wildman–Crippen MR) is 122 cm³/mol. The van der Waals surface area contributed by atoms with E-state index >= 15 is 0 Å². The van der Waals surface area contributed by atoms with Crippen LogP contribution in [0, 0.1) is 11.6 Å². The minimum atomic E-state index is -3.90. The summed E-state index contributed by atoms with van der Waals surface area (Å²) in [5, 5.41) is 4.16. The number of nitrogens with one attached hydrogen (secondary N) is 1. The van der Waals surface area contributed by atoms with E-state index < -0.39 is 27.8 Å². The van der Waals surface area contributed by atoms with E-state index in [2.05, 4.69) is 14.7 Å². The minimum Gasteiger partial charge on any atom is -0.379 e. The van der Waals surface area contributed by atoms with Crippen molar-refractivity contribution in [2.45, 2.75) is 12.8 Å². The van der Waals surface area contributed by atoms with Crippen LogP contribution in [0.1, 0.15) is 23.2 Å². The minimum absolute atomic E-state index is 0.233. The monoisotopic (exact) mass is 493 g/mol. The van der Waals surface area contributed by atoms with Crippen molar-refractivity contribution in [3.8, 4) is 0 Å². The van der Waals surface area contributed by atoms with Crippen molar-refractivity contribution >= 4 is 27.3 Å². The molecule has 2 saturated heterocycles. The SMILES string of the molecule is Fc1ccc(F)cc1.O=C(NS(=O)(=O)N1CCOCC1)c1cnn2ccc(N3CCCC3)cc12. The van der Waals surface area contributed by atoms with Crippen LogP contribution >= 0.6 is 0 Å². The quantitative estimate of drug-likeness (QED) is 0.599. The Bertz CT molecular complexity index is 1220. The standard InChI is InChI=1S/C16H21N5O4S.C6H4F2/c22-16(18-26(23,24)20-7-9-25-10-8-20)14-12-17-21-6-3-13(11-15(14)21)19-4-1-2-5-19;7-5-1-2-6(8)4-3-5/h3,6,11-12H,1-2,4-5,7-10H2,(H,18,22);1-4H. The fraction of sp³-hybridized carbons (Fsp3) is 0.364. The van der Waals surface area contributed by atoms with Gasteiger partial charge in [0, 0.05) is 38.1 Å². The second-order valence-corrected chi connectivity index (χ2v) is 9.52. The van der Waals surface area contributed by atoms with E-state index in [0.717, 1.165) is 55.9 Å². The number of nitrogens with zero attached hydrogens (tertiary/aromatic N) is 4. The molecule has 0 aliphatic carbocycles. The van der Waals surface area contributed by atoms with Gasteiger partial charge >= 0.3 is 10.2 Å². The number of fused-ring (bicyclic) bond motifs is 1. The Hall–Kier alpha value is -3.09. The van der Waals surface area contributed by atoms with Gasteiger partial charge in [-0.15, -0.1) is 0 Å². The number of morpholine rings is 1. The van der Waals surface area contributed by atoms with Crippen molar-refractivity contribution in [2.24, 2.45) is 0 Å². The van der Waals surface area contributed by atoms with Crippen molar-refractivity contribution in [1.29, 1.82) is 0 Å². The Morgan fingerprint density at radius 2 is 1.59 bits per heavy atom. The maximum Gasteiger partial charge on any atom is 0.304 e. The fourth-order valence-corrected chi connectivity index (χ4v) is 4.87. The van der Waals surface area contributed by atoms with Crippen LogP contribution in [0.25, 0.3) is 5.52 Å². The topological polar surface area (TPSA) is 96.2 Å². The van der Waals surface area contributed by atoms with Crippen LogP contribution in [0.15, 0.2) is 48.8 Å². The number of hydrogen-bond acceptors (Lipinski definition) is 6. The van der Waals surface area contributed by atoms with Gasteiger partial charge in [-0.2, -0.15) is 17.8 Å². The molecule has 0 saturated carbocycles. The van der Waals surface area contributed by atoms with Crippen molar-refractivity contribution in [2.75, 3.05) is 44.3 Å². The summed E-state index contributed by atoms with van der Waals surface area (Å²) < 4.78 is 58.8. The zero-order chi connectivity index (χ0) is 24.1. The molecule has 1 N–H and O–H groups in total. The second kappa shape index (κ2) is 10.5. The number of hydrogen-bond donors (Lipinski definition) is 1. The van der Waals surface area contributed by atoms with Gasteiger partial charge in [-0.1, -0.05) is 0 Å². The highest BCUT2D eigenvalue weighted by Gasteiger charge is 2.27. The molecule has 0 radical (unpaired) electrons. The van der Waals surface area contributed by atoms with Gasteiger partial charge in [-0.3, -0.25) is 4.79 Å². The van der Waals surface area contributed by atoms with Gasteiger partial charge in [0.1, 0.15) is 11.6 Å². The van der Waals surface area contributed by atoms with Crippen molar-refractivity contribution in [1.82, 2.24) is 18.6 Å². The number of halogens is 2. The molecule has 0 atom stereocenters. The molecule has 5 rings (SSSR count). The molecule has 4 heterocycles. The number of aromatic nitrogens is 2. The highest BCUT2D eigenvalue weighted by molar-refractivity contribution is 7.87. The summed E-state index contributed by atoms with van der Waals surface area (Å²) in [6.45, 7) is 3.08. The first-order valence-corrected chi connectivity index (χ1v) is 12.3. The summed E-state index contributed by atoms with van der Waals surface area (Å²) in [4.78, 5) is 14.8. The zero-order valence-electron chi connectivity index (χ0n) is 18.4. The highest BCUT2D eigenvalue weighted by Crippen LogP contribution is 2.23. The van der Waals surface area contributed by atoms with E-state index in [1.807, 2.05) is 12.1 Å². The number of benzene rings is 1. The molecule has 0 bridgehead atoms. The number of ether oxygens (including phenoxy) is 1. The lowest BCUT2D eigenvalue weighted by atomic mass is 10.2. The first-order chi connectivity index (χ1) is 16.3. The van der Waals surface area contributed by atoms with Crippen molar-refractivity contribution < 1.29 is 26.7 Å². The molecule has 12 heteroatoms. The summed E-state index contributed by atoms with van der Waals surface area (Å²) in [7, 11) is -3.90. The van der Waals surface area contributed by atoms with Crippen LogP contribution < -0.4 is 9.62 Å². The Kier molecular flexibility index (Phi) is 7.39. The van der Waals surface area contributed by atoms with Crippen LogP contribution in [0.4, 0.5) is 14.5 Å². The van der Waals surface area contributed by atoms with Gasteiger partial charge in [-0.05, 0) is 49.2 Å². The summed E-state index contributed by atoms with van der Waals surface area (Å²) in [6, 6.07) is 8.15. The molecule has 2 aromatic heterocycles. The molecule has 2 aliphatic rings. The van der Waals surface area contributed by atoms with Crippen LogP contribution in [0.3, 0.4) is 0 Å². The van der Waals surface area contributed by atoms with Gasteiger partial charge in [-0.25, -0.2) is 18.0 Å². The Morgan fingerprint density at radius 3 is 2.21 bits per heavy atom. The van der Waals surface area contributed by atoms with E-state index in [-0.39, 0.29) is 18.7 Å². The molecule has 2 fully saturated rings. The zero-order valence-corrected chi connectivity index (χ0v) is 19.2. The van der Waals surface area contributed by atoms with Crippen LogP contribution in [-0.2, 0) is 14.9 Å². The van der Waals surface area contributed by atoms with E-state index in [1.54, 1.807) is 10.7 Å². The van der Waals surface area contributed by atoms with Crippen LogP contribution in [0.2, 0.25) is 0 Å². The number of rotatable bonds is 4. The lowest BCUT2D eigenvalue weighted by Gasteiger charge is -2.25. The first kappa shape index (κ1) is 24.0. The summed E-state index contributed by atoms with van der Waals surface area (Å²) in [6.07, 6.45) is 5.48. The van der Waals surface area contributed by atoms with Gasteiger partial charge < -0.3 is 9.64 Å². The summed E-state index contributed by atoms with van der Waals surface area (Å²) >= 11 is 0. The van der Waals surface area contributed by atoms with Gasteiger partial charge in [0.25, 0.3) is 5.91 Å². The van der Waals surface area contributed by atoms with E-state index in [1.165, 1.54) is 10.5 Å². The number of anilines is 1. The van der Waals surface area contributed by atoms with Gasteiger partial charge in [0.15, 0.2) is 0 Å². The highest BCUT2D eigenvalue weighted by atomic mass is 32.2. The molecule has 2 aliphatic heterocycles. The predicted octanol–water partition coefficient (Wildman–Crippen LogP) is 2.21. The van der Waals surface area contributed by atoms with E-state index in [9.17, 15) is 22.0 Å². The molecule has 1 aromatic carbocycles. The van der Waals surface area contributed by atoms with E-state index in [0.29, 0.717) is 18.7 Å². The Labute approximate surface area is 196 Å². The largest absolute Gasteiger partial charge is 0.379 e. The lowest BCUT2D eigenvalue weighted by Crippen LogP contribution is -2.48.